The highest BCUT2D eigenvalue weighted by atomic mass is 16.5. The number of carbonyl (C=O) groups excluding carboxylic acids is 1. The molecule has 1 aromatic carbocycles. The number of carbonyl (C=O) groups is 1. The van der Waals surface area contributed by atoms with Crippen molar-refractivity contribution in [1.29, 1.82) is 0 Å². The summed E-state index contributed by atoms with van der Waals surface area (Å²) in [5.41, 5.74) is 3.03. The topological polar surface area (TPSA) is 94.5 Å². The quantitative estimate of drug-likeness (QED) is 0.555. The second-order valence-electron chi connectivity index (χ2n) is 6.34. The Hall–Kier alpha value is -3.68. The van der Waals surface area contributed by atoms with Crippen LogP contribution in [-0.2, 0) is 13.2 Å². The third-order valence-electron chi connectivity index (χ3n) is 4.47. The van der Waals surface area contributed by atoms with Crippen molar-refractivity contribution in [3.05, 3.63) is 77.1 Å². The van der Waals surface area contributed by atoms with Gasteiger partial charge in [-0.15, -0.1) is 10.2 Å². The number of benzene rings is 1. The molecule has 1 amide bonds. The van der Waals surface area contributed by atoms with Gasteiger partial charge in [0.15, 0.2) is 11.5 Å². The summed E-state index contributed by atoms with van der Waals surface area (Å²) in [6.07, 6.45) is 1.86. The van der Waals surface area contributed by atoms with Crippen LogP contribution in [0, 0.1) is 13.8 Å². The summed E-state index contributed by atoms with van der Waals surface area (Å²) in [6, 6.07) is 12.6. The molecule has 0 saturated heterocycles. The van der Waals surface area contributed by atoms with Gasteiger partial charge < -0.3 is 14.6 Å². The Labute approximate surface area is 161 Å². The van der Waals surface area contributed by atoms with Crippen LogP contribution in [0.1, 0.15) is 33.2 Å². The van der Waals surface area contributed by atoms with Crippen LogP contribution in [0.2, 0.25) is 0 Å². The van der Waals surface area contributed by atoms with Crippen LogP contribution in [0.3, 0.4) is 0 Å². The number of nitrogens with one attached hydrogen (secondary N) is 1. The molecule has 3 heterocycles. The maximum atomic E-state index is 12.4. The van der Waals surface area contributed by atoms with Crippen molar-refractivity contribution in [1.82, 2.24) is 25.1 Å². The summed E-state index contributed by atoms with van der Waals surface area (Å²) < 4.78 is 12.7. The van der Waals surface area contributed by atoms with E-state index in [1.165, 1.54) is 0 Å². The summed E-state index contributed by atoms with van der Waals surface area (Å²) in [7, 11) is 0. The number of fused-ring (bicyclic) bond motifs is 1. The molecule has 0 fully saturated rings. The second kappa shape index (κ2) is 7.51. The number of hydrogen-bond donors (Lipinski definition) is 1. The molecule has 28 heavy (non-hydrogen) atoms. The molecule has 0 radical (unpaired) electrons. The molecule has 0 spiro atoms. The van der Waals surface area contributed by atoms with Gasteiger partial charge in [-0.1, -0.05) is 11.2 Å². The number of rotatable bonds is 6. The van der Waals surface area contributed by atoms with Gasteiger partial charge in [0.05, 0.1) is 17.8 Å². The van der Waals surface area contributed by atoms with Crippen molar-refractivity contribution in [2.45, 2.75) is 27.0 Å². The lowest BCUT2D eigenvalue weighted by atomic mass is 10.2. The maximum Gasteiger partial charge on any atom is 0.251 e. The lowest BCUT2D eigenvalue weighted by Crippen LogP contribution is -2.23. The summed E-state index contributed by atoms with van der Waals surface area (Å²) in [5, 5.41) is 14.9. The average Bonchev–Trinajstić information content (AvgIpc) is 3.28. The van der Waals surface area contributed by atoms with Gasteiger partial charge in [-0.2, -0.15) is 0 Å². The maximum absolute atomic E-state index is 12.4. The van der Waals surface area contributed by atoms with Crippen molar-refractivity contribution >= 4 is 11.6 Å². The Morgan fingerprint density at radius 3 is 2.71 bits per heavy atom. The predicted molar refractivity (Wildman–Crippen MR) is 101 cm³/mol. The molecule has 8 heteroatoms. The lowest BCUT2D eigenvalue weighted by molar-refractivity contribution is 0.0949. The molecule has 0 bridgehead atoms. The highest BCUT2D eigenvalue weighted by Gasteiger charge is 2.11. The molecule has 0 aliphatic heterocycles. The highest BCUT2D eigenvalue weighted by molar-refractivity contribution is 5.94. The minimum atomic E-state index is -0.190. The lowest BCUT2D eigenvalue weighted by Gasteiger charge is -2.08. The van der Waals surface area contributed by atoms with Crippen LogP contribution in [0.15, 0.2) is 53.2 Å². The molecule has 3 aromatic heterocycles. The fourth-order valence-corrected chi connectivity index (χ4v) is 2.84. The van der Waals surface area contributed by atoms with Crippen LogP contribution in [-0.4, -0.2) is 25.7 Å². The number of nitrogens with zero attached hydrogens (tertiary/aromatic N) is 4. The molecule has 4 aromatic rings. The summed E-state index contributed by atoms with van der Waals surface area (Å²) >= 11 is 0. The first kappa shape index (κ1) is 17.7. The monoisotopic (exact) mass is 377 g/mol. The van der Waals surface area contributed by atoms with Gasteiger partial charge in [0.25, 0.3) is 5.91 Å². The van der Waals surface area contributed by atoms with E-state index in [0.717, 1.165) is 22.7 Å². The molecule has 0 aliphatic rings. The fourth-order valence-electron chi connectivity index (χ4n) is 2.84. The van der Waals surface area contributed by atoms with Gasteiger partial charge in [0, 0.05) is 11.8 Å². The van der Waals surface area contributed by atoms with E-state index in [9.17, 15) is 4.79 Å². The molecular formula is C20H19N5O3. The minimum absolute atomic E-state index is 0.190. The molecule has 1 N–H and O–H groups in total. The summed E-state index contributed by atoms with van der Waals surface area (Å²) in [6.45, 7) is 4.38. The number of aryl methyl sites for hydroxylation is 2. The first-order chi connectivity index (χ1) is 13.6. The Balaban J connectivity index is 1.36. The molecule has 0 saturated carbocycles. The molecule has 142 valence electrons. The minimum Gasteiger partial charge on any atom is -0.489 e. The van der Waals surface area contributed by atoms with E-state index in [4.69, 9.17) is 9.26 Å². The first-order valence-electron chi connectivity index (χ1n) is 8.83. The van der Waals surface area contributed by atoms with Gasteiger partial charge in [0.2, 0.25) is 0 Å². The van der Waals surface area contributed by atoms with Gasteiger partial charge in [0.1, 0.15) is 18.1 Å². The van der Waals surface area contributed by atoms with Gasteiger partial charge in [-0.3, -0.25) is 9.20 Å². The van der Waals surface area contributed by atoms with Gasteiger partial charge in [-0.05, 0) is 50.2 Å². The van der Waals surface area contributed by atoms with E-state index in [1.807, 2.05) is 42.6 Å². The van der Waals surface area contributed by atoms with Crippen LogP contribution in [0.4, 0.5) is 0 Å². The number of ether oxygens (including phenoxy) is 1. The Kier molecular flexibility index (Phi) is 4.76. The Morgan fingerprint density at radius 1 is 1.14 bits per heavy atom. The normalized spacial score (nSPS) is 10.9. The first-order valence-corrected chi connectivity index (χ1v) is 8.83. The molecular weight excluding hydrogens is 358 g/mol. The van der Waals surface area contributed by atoms with E-state index >= 15 is 0 Å². The van der Waals surface area contributed by atoms with Crippen LogP contribution < -0.4 is 10.1 Å². The SMILES string of the molecule is Cc1noc(C)c1COc1ccc(C(=O)NCc2nnc3ccccn23)cc1. The standard InChI is InChI=1S/C20H19N5O3/c1-13-17(14(2)28-24-13)12-27-16-8-6-15(7-9-16)20(26)21-11-19-23-22-18-5-3-4-10-25(18)19/h3-10H,11-12H2,1-2H3,(H,21,26). The number of hydrogen-bond acceptors (Lipinski definition) is 6. The molecule has 4 rings (SSSR count). The highest BCUT2D eigenvalue weighted by Crippen LogP contribution is 2.18. The Bertz CT molecular complexity index is 1100. The van der Waals surface area contributed by atoms with E-state index in [2.05, 4.69) is 20.7 Å². The number of aromatic nitrogens is 4. The average molecular weight is 377 g/mol. The van der Waals surface area contributed by atoms with Gasteiger partial charge >= 0.3 is 0 Å². The second-order valence-corrected chi connectivity index (χ2v) is 6.34. The van der Waals surface area contributed by atoms with Crippen molar-refractivity contribution in [3.8, 4) is 5.75 Å². The Morgan fingerprint density at radius 2 is 1.96 bits per heavy atom. The van der Waals surface area contributed by atoms with Gasteiger partial charge in [-0.25, -0.2) is 0 Å². The third-order valence-corrected chi connectivity index (χ3v) is 4.47. The summed E-state index contributed by atoms with van der Waals surface area (Å²) in [4.78, 5) is 12.4. The predicted octanol–water partition coefficient (Wildman–Crippen LogP) is 2.84. The molecule has 0 aliphatic carbocycles. The number of pyridine rings is 1. The van der Waals surface area contributed by atoms with Crippen LogP contribution in [0.25, 0.3) is 5.65 Å². The van der Waals surface area contributed by atoms with Crippen LogP contribution >= 0.6 is 0 Å². The molecule has 0 atom stereocenters. The van der Waals surface area contributed by atoms with Crippen molar-refractivity contribution in [3.63, 3.8) is 0 Å². The number of amides is 1. The molecule has 0 unspecified atom stereocenters. The summed E-state index contributed by atoms with van der Waals surface area (Å²) in [5.74, 6) is 1.89. The zero-order valence-electron chi connectivity index (χ0n) is 15.5. The van der Waals surface area contributed by atoms with Crippen molar-refractivity contribution in [2.75, 3.05) is 0 Å². The van der Waals surface area contributed by atoms with Crippen LogP contribution in [0.5, 0.6) is 5.75 Å². The molecule has 8 nitrogen and oxygen atoms in total. The van der Waals surface area contributed by atoms with Crippen molar-refractivity contribution in [2.24, 2.45) is 0 Å². The van der Waals surface area contributed by atoms with E-state index in [1.54, 1.807) is 24.3 Å². The smallest absolute Gasteiger partial charge is 0.251 e. The van der Waals surface area contributed by atoms with E-state index in [0.29, 0.717) is 23.7 Å². The van der Waals surface area contributed by atoms with E-state index in [-0.39, 0.29) is 12.5 Å². The zero-order chi connectivity index (χ0) is 19.5. The van der Waals surface area contributed by atoms with Crippen molar-refractivity contribution < 1.29 is 14.1 Å². The third kappa shape index (κ3) is 3.57. The largest absolute Gasteiger partial charge is 0.489 e. The fraction of sp³-hybridized carbons (Fsp3) is 0.200. The van der Waals surface area contributed by atoms with E-state index < -0.39 is 0 Å². The zero-order valence-corrected chi connectivity index (χ0v) is 15.5.